The minimum atomic E-state index is -0.0971. The number of hydrogen-bond acceptors (Lipinski definition) is 7. The van der Waals surface area contributed by atoms with Crippen LogP contribution in [0.3, 0.4) is 0 Å². The zero-order valence-electron chi connectivity index (χ0n) is 19.2. The van der Waals surface area contributed by atoms with Gasteiger partial charge in [0.05, 0.1) is 22.5 Å². The normalized spacial score (nSPS) is 12.2. The lowest BCUT2D eigenvalue weighted by Gasteiger charge is -2.20. The van der Waals surface area contributed by atoms with Gasteiger partial charge in [-0.25, -0.2) is 4.68 Å². The molecule has 0 unspecified atom stereocenters. The zero-order chi connectivity index (χ0) is 22.7. The van der Waals surface area contributed by atoms with E-state index in [-0.39, 0.29) is 6.10 Å². The standard InChI is InChI=1S/C24H29N7O/c1-16-22-17(2)31(29-23(22)24(28-27-16)30(4)5)19-9-6-10-20(14-19)32-21(11-13-25-3)18-8-7-12-26-15-18/h6-10,12,14-15,21,25H,11,13H2,1-5H3/t21-/m0/s1. The van der Waals surface area contributed by atoms with Crippen molar-refractivity contribution in [2.75, 3.05) is 32.6 Å². The molecule has 0 fully saturated rings. The predicted molar refractivity (Wildman–Crippen MR) is 127 cm³/mol. The van der Waals surface area contributed by atoms with E-state index >= 15 is 0 Å². The van der Waals surface area contributed by atoms with Gasteiger partial charge >= 0.3 is 0 Å². The third kappa shape index (κ3) is 4.27. The first-order valence-corrected chi connectivity index (χ1v) is 10.7. The van der Waals surface area contributed by atoms with Gasteiger partial charge in [-0.2, -0.15) is 10.2 Å². The smallest absolute Gasteiger partial charge is 0.179 e. The van der Waals surface area contributed by atoms with Gasteiger partial charge < -0.3 is 15.0 Å². The van der Waals surface area contributed by atoms with Crippen molar-refractivity contribution in [1.82, 2.24) is 30.3 Å². The van der Waals surface area contributed by atoms with E-state index in [1.54, 1.807) is 6.20 Å². The summed E-state index contributed by atoms with van der Waals surface area (Å²) >= 11 is 0. The molecule has 3 aromatic heterocycles. The molecule has 8 heteroatoms. The number of rotatable bonds is 8. The van der Waals surface area contributed by atoms with Gasteiger partial charge in [0, 0.05) is 44.5 Å². The van der Waals surface area contributed by atoms with Crippen LogP contribution in [-0.2, 0) is 0 Å². The maximum absolute atomic E-state index is 6.41. The molecule has 0 saturated heterocycles. The molecule has 0 spiro atoms. The molecule has 8 nitrogen and oxygen atoms in total. The highest BCUT2D eigenvalue weighted by Gasteiger charge is 2.19. The van der Waals surface area contributed by atoms with Crippen molar-refractivity contribution < 1.29 is 4.74 Å². The largest absolute Gasteiger partial charge is 0.486 e. The minimum Gasteiger partial charge on any atom is -0.486 e. The van der Waals surface area contributed by atoms with Crippen LogP contribution in [0, 0.1) is 13.8 Å². The van der Waals surface area contributed by atoms with Crippen LogP contribution in [0.25, 0.3) is 16.6 Å². The molecule has 1 N–H and O–H groups in total. The van der Waals surface area contributed by atoms with Crippen molar-refractivity contribution in [3.63, 3.8) is 0 Å². The van der Waals surface area contributed by atoms with Crippen LogP contribution in [-0.4, -0.2) is 52.6 Å². The van der Waals surface area contributed by atoms with E-state index < -0.39 is 0 Å². The van der Waals surface area contributed by atoms with E-state index in [9.17, 15) is 0 Å². The summed E-state index contributed by atoms with van der Waals surface area (Å²) in [6.45, 7) is 4.87. The van der Waals surface area contributed by atoms with Gasteiger partial charge in [0.25, 0.3) is 0 Å². The molecule has 4 aromatic rings. The summed E-state index contributed by atoms with van der Waals surface area (Å²) in [6.07, 6.45) is 4.37. The van der Waals surface area contributed by atoms with Crippen molar-refractivity contribution in [2.45, 2.75) is 26.4 Å². The second-order valence-electron chi connectivity index (χ2n) is 8.01. The molecule has 4 rings (SSSR count). The first kappa shape index (κ1) is 21.7. The van der Waals surface area contributed by atoms with Crippen LogP contribution in [0.4, 0.5) is 5.82 Å². The molecule has 32 heavy (non-hydrogen) atoms. The topological polar surface area (TPSA) is 81.0 Å². The second kappa shape index (κ2) is 9.32. The van der Waals surface area contributed by atoms with Crippen LogP contribution in [0.2, 0.25) is 0 Å². The van der Waals surface area contributed by atoms with Gasteiger partial charge in [-0.3, -0.25) is 4.98 Å². The summed E-state index contributed by atoms with van der Waals surface area (Å²) < 4.78 is 8.35. The number of benzene rings is 1. The summed E-state index contributed by atoms with van der Waals surface area (Å²) in [5.74, 6) is 1.54. The fourth-order valence-corrected chi connectivity index (χ4v) is 3.85. The van der Waals surface area contributed by atoms with Crippen molar-refractivity contribution in [2.24, 2.45) is 0 Å². The molecule has 0 aliphatic rings. The summed E-state index contributed by atoms with van der Waals surface area (Å²) in [7, 11) is 5.84. The zero-order valence-corrected chi connectivity index (χ0v) is 19.2. The lowest BCUT2D eigenvalue weighted by molar-refractivity contribution is 0.194. The van der Waals surface area contributed by atoms with Crippen molar-refractivity contribution in [1.29, 1.82) is 0 Å². The Bertz CT molecular complexity index is 1200. The van der Waals surface area contributed by atoms with Crippen LogP contribution in [0.1, 0.15) is 29.5 Å². The Balaban J connectivity index is 1.71. The number of nitrogens with one attached hydrogen (secondary N) is 1. The van der Waals surface area contributed by atoms with Gasteiger partial charge in [-0.15, -0.1) is 5.10 Å². The highest BCUT2D eigenvalue weighted by Crippen LogP contribution is 2.30. The van der Waals surface area contributed by atoms with Crippen LogP contribution < -0.4 is 15.0 Å². The van der Waals surface area contributed by atoms with E-state index in [1.807, 2.05) is 80.2 Å². The van der Waals surface area contributed by atoms with E-state index in [4.69, 9.17) is 9.84 Å². The average molecular weight is 432 g/mol. The molecule has 0 amide bonds. The number of nitrogens with zero attached hydrogens (tertiary/aromatic N) is 6. The Labute approximate surface area is 188 Å². The molecule has 0 aliphatic heterocycles. The highest BCUT2D eigenvalue weighted by molar-refractivity contribution is 5.92. The Morgan fingerprint density at radius 3 is 2.69 bits per heavy atom. The summed E-state index contributed by atoms with van der Waals surface area (Å²) in [5, 5.41) is 17.8. The average Bonchev–Trinajstić information content (AvgIpc) is 3.15. The van der Waals surface area contributed by atoms with E-state index in [2.05, 4.69) is 27.4 Å². The molecule has 0 radical (unpaired) electrons. The minimum absolute atomic E-state index is 0.0971. The molecule has 0 saturated carbocycles. The van der Waals surface area contributed by atoms with E-state index in [0.717, 1.165) is 58.1 Å². The Kier molecular flexibility index (Phi) is 6.32. The molecule has 166 valence electrons. The lowest BCUT2D eigenvalue weighted by Crippen LogP contribution is -2.16. The highest BCUT2D eigenvalue weighted by atomic mass is 16.5. The van der Waals surface area contributed by atoms with Gasteiger partial charge in [-0.05, 0) is 45.6 Å². The van der Waals surface area contributed by atoms with E-state index in [0.29, 0.717) is 0 Å². The van der Waals surface area contributed by atoms with E-state index in [1.165, 1.54) is 0 Å². The lowest BCUT2D eigenvalue weighted by atomic mass is 10.1. The monoisotopic (exact) mass is 431 g/mol. The number of aromatic nitrogens is 5. The predicted octanol–water partition coefficient (Wildman–Crippen LogP) is 3.62. The van der Waals surface area contributed by atoms with Gasteiger partial charge in [0.2, 0.25) is 0 Å². The molecular weight excluding hydrogens is 402 g/mol. The molecule has 0 aliphatic carbocycles. The van der Waals surface area contributed by atoms with Crippen LogP contribution in [0.15, 0.2) is 48.8 Å². The molecule has 3 heterocycles. The molecule has 1 atom stereocenters. The van der Waals surface area contributed by atoms with Crippen molar-refractivity contribution in [3.8, 4) is 11.4 Å². The van der Waals surface area contributed by atoms with Gasteiger partial charge in [0.1, 0.15) is 17.4 Å². The quantitative estimate of drug-likeness (QED) is 0.456. The number of ether oxygens (including phenoxy) is 1. The third-order valence-corrected chi connectivity index (χ3v) is 5.46. The first-order valence-electron chi connectivity index (χ1n) is 10.7. The number of pyridine rings is 1. The number of fused-ring (bicyclic) bond motifs is 1. The summed E-state index contributed by atoms with van der Waals surface area (Å²) in [4.78, 5) is 6.19. The summed E-state index contributed by atoms with van der Waals surface area (Å²) in [5.41, 5.74) is 4.71. The number of aryl methyl sites for hydroxylation is 2. The molecular formula is C24H29N7O. The Hall–Kier alpha value is -3.52. The Morgan fingerprint density at radius 1 is 1.12 bits per heavy atom. The van der Waals surface area contributed by atoms with Gasteiger partial charge in [-0.1, -0.05) is 12.1 Å². The fraction of sp³-hybridized carbons (Fsp3) is 0.333. The maximum atomic E-state index is 6.41. The number of hydrogen-bond donors (Lipinski definition) is 1. The molecule has 0 bridgehead atoms. The number of anilines is 1. The molecule has 1 aromatic carbocycles. The SMILES string of the molecule is CNCC[C@H](Oc1cccc(-n2nc3c(N(C)C)nnc(C)c3c2C)c1)c1cccnc1. The van der Waals surface area contributed by atoms with Crippen molar-refractivity contribution >= 4 is 16.7 Å². The summed E-state index contributed by atoms with van der Waals surface area (Å²) in [6, 6.07) is 12.0. The van der Waals surface area contributed by atoms with Crippen LogP contribution >= 0.6 is 0 Å². The first-order chi connectivity index (χ1) is 15.5. The fourth-order valence-electron chi connectivity index (χ4n) is 3.85. The van der Waals surface area contributed by atoms with Gasteiger partial charge in [0.15, 0.2) is 5.82 Å². The third-order valence-electron chi connectivity index (χ3n) is 5.46. The maximum Gasteiger partial charge on any atom is 0.179 e. The second-order valence-corrected chi connectivity index (χ2v) is 8.01. The van der Waals surface area contributed by atoms with Crippen molar-refractivity contribution in [3.05, 3.63) is 65.7 Å². The Morgan fingerprint density at radius 2 is 1.97 bits per heavy atom. The van der Waals surface area contributed by atoms with Crippen LogP contribution in [0.5, 0.6) is 5.75 Å².